The zero-order valence-electron chi connectivity index (χ0n) is 9.84. The van der Waals surface area contributed by atoms with Gasteiger partial charge in [0.15, 0.2) is 0 Å². The van der Waals surface area contributed by atoms with E-state index in [9.17, 15) is 0 Å². The highest BCUT2D eigenvalue weighted by Crippen LogP contribution is 2.34. The van der Waals surface area contributed by atoms with Gasteiger partial charge in [0.1, 0.15) is 0 Å². The first-order chi connectivity index (χ1) is 8.16. The van der Waals surface area contributed by atoms with Crippen molar-refractivity contribution in [3.63, 3.8) is 0 Å². The van der Waals surface area contributed by atoms with Crippen LogP contribution >= 0.6 is 34.5 Å². The molecular weight excluding hydrogens is 277 g/mol. The minimum Gasteiger partial charge on any atom is -0.381 e. The maximum absolute atomic E-state index is 6.13. The number of hydrogen-bond donors (Lipinski definition) is 1. The van der Waals surface area contributed by atoms with Crippen molar-refractivity contribution in [1.82, 2.24) is 5.32 Å². The minimum absolute atomic E-state index is 0.244. The van der Waals surface area contributed by atoms with Crippen LogP contribution in [0.15, 0.2) is 6.07 Å². The van der Waals surface area contributed by atoms with Crippen LogP contribution in [-0.2, 0) is 4.74 Å². The number of rotatable bonds is 4. The van der Waals surface area contributed by atoms with Crippen LogP contribution in [0.25, 0.3) is 0 Å². The lowest BCUT2D eigenvalue weighted by Crippen LogP contribution is -2.30. The Labute approximate surface area is 116 Å². The molecule has 2 nitrogen and oxygen atoms in total. The quantitative estimate of drug-likeness (QED) is 0.901. The monoisotopic (exact) mass is 293 g/mol. The predicted octanol–water partition coefficient (Wildman–Crippen LogP) is 4.13. The van der Waals surface area contributed by atoms with Gasteiger partial charge in [-0.05, 0) is 37.3 Å². The van der Waals surface area contributed by atoms with Gasteiger partial charge in [0.2, 0.25) is 0 Å². The van der Waals surface area contributed by atoms with E-state index in [0.717, 1.165) is 34.0 Å². The van der Waals surface area contributed by atoms with Gasteiger partial charge in [-0.15, -0.1) is 11.3 Å². The Morgan fingerprint density at radius 2 is 2.41 bits per heavy atom. The molecule has 96 valence electrons. The van der Waals surface area contributed by atoms with Gasteiger partial charge in [-0.3, -0.25) is 0 Å². The molecule has 1 aliphatic heterocycles. The first-order valence-electron chi connectivity index (χ1n) is 5.92. The molecule has 1 fully saturated rings. The highest BCUT2D eigenvalue weighted by atomic mass is 35.5. The van der Waals surface area contributed by atoms with Crippen molar-refractivity contribution in [2.24, 2.45) is 5.92 Å². The Balaban J connectivity index is 1.84. The van der Waals surface area contributed by atoms with Gasteiger partial charge in [-0.25, -0.2) is 0 Å². The molecule has 5 heteroatoms. The second-order valence-electron chi connectivity index (χ2n) is 4.49. The van der Waals surface area contributed by atoms with Crippen LogP contribution in [0, 0.1) is 5.92 Å². The van der Waals surface area contributed by atoms with E-state index in [1.807, 2.05) is 6.07 Å². The molecule has 2 heterocycles. The molecule has 1 aromatic rings. The third kappa shape index (κ3) is 3.83. The molecular formula is C12H17Cl2NOS. The third-order valence-corrected chi connectivity index (χ3v) is 4.63. The van der Waals surface area contributed by atoms with Crippen LogP contribution in [0.1, 0.15) is 31.4 Å². The molecule has 1 aromatic heterocycles. The summed E-state index contributed by atoms with van der Waals surface area (Å²) in [6.07, 6.45) is 2.42. The summed E-state index contributed by atoms with van der Waals surface area (Å²) in [7, 11) is 0. The molecule has 1 aliphatic rings. The van der Waals surface area contributed by atoms with E-state index in [2.05, 4.69) is 12.2 Å². The summed E-state index contributed by atoms with van der Waals surface area (Å²) in [4.78, 5) is 0. The Bertz CT molecular complexity index is 363. The van der Waals surface area contributed by atoms with Crippen molar-refractivity contribution in [1.29, 1.82) is 0 Å². The van der Waals surface area contributed by atoms with E-state index < -0.39 is 0 Å². The summed E-state index contributed by atoms with van der Waals surface area (Å²) in [6, 6.07) is 2.19. The molecule has 0 saturated carbocycles. The van der Waals surface area contributed by atoms with E-state index in [4.69, 9.17) is 27.9 Å². The van der Waals surface area contributed by atoms with Crippen LogP contribution in [0.3, 0.4) is 0 Å². The van der Waals surface area contributed by atoms with Gasteiger partial charge in [0, 0.05) is 19.2 Å². The summed E-state index contributed by atoms with van der Waals surface area (Å²) in [5.41, 5.74) is 1.10. The van der Waals surface area contributed by atoms with Gasteiger partial charge in [0.25, 0.3) is 0 Å². The van der Waals surface area contributed by atoms with Gasteiger partial charge >= 0.3 is 0 Å². The summed E-state index contributed by atoms with van der Waals surface area (Å²) in [5.74, 6) is 0.624. The molecule has 17 heavy (non-hydrogen) atoms. The average molecular weight is 294 g/mol. The molecule has 0 amide bonds. The van der Waals surface area contributed by atoms with E-state index in [1.54, 1.807) is 0 Å². The number of hydrogen-bond acceptors (Lipinski definition) is 3. The van der Waals surface area contributed by atoms with E-state index in [0.29, 0.717) is 5.92 Å². The second-order valence-corrected chi connectivity index (χ2v) is 6.78. The maximum Gasteiger partial charge on any atom is 0.0991 e. The van der Waals surface area contributed by atoms with E-state index >= 15 is 0 Å². The first kappa shape index (κ1) is 13.6. The largest absolute Gasteiger partial charge is 0.381 e. The molecule has 0 aromatic carbocycles. The smallest absolute Gasteiger partial charge is 0.0991 e. The van der Waals surface area contributed by atoms with Crippen LogP contribution in [0.2, 0.25) is 8.67 Å². The van der Waals surface area contributed by atoms with Crippen LogP contribution in [0.4, 0.5) is 0 Å². The van der Waals surface area contributed by atoms with Gasteiger partial charge in [-0.1, -0.05) is 23.2 Å². The lowest BCUT2D eigenvalue weighted by Gasteiger charge is -2.24. The zero-order valence-corrected chi connectivity index (χ0v) is 12.2. The fraction of sp³-hybridized carbons (Fsp3) is 0.667. The molecule has 0 spiro atoms. The lowest BCUT2D eigenvalue weighted by atomic mass is 10.0. The Hall–Kier alpha value is 0.200. The van der Waals surface area contributed by atoms with Crippen molar-refractivity contribution in [2.45, 2.75) is 25.8 Å². The predicted molar refractivity (Wildman–Crippen MR) is 74.3 cm³/mol. The number of ether oxygens (including phenoxy) is 1. The van der Waals surface area contributed by atoms with Crippen LogP contribution < -0.4 is 5.32 Å². The summed E-state index contributed by atoms with van der Waals surface area (Å²) < 4.78 is 7.00. The topological polar surface area (TPSA) is 21.3 Å². The SMILES string of the molecule is CC(NCC1CCCOC1)c1cc(Cl)sc1Cl. The standard InChI is InChI=1S/C12H17Cl2NOS/c1-8(10-5-11(13)17-12(10)14)15-6-9-3-2-4-16-7-9/h5,8-9,15H,2-4,6-7H2,1H3. The van der Waals surface area contributed by atoms with Crippen LogP contribution in [0.5, 0.6) is 0 Å². The maximum atomic E-state index is 6.13. The fourth-order valence-electron chi connectivity index (χ4n) is 2.07. The molecule has 1 saturated heterocycles. The second kappa shape index (κ2) is 6.39. The zero-order chi connectivity index (χ0) is 12.3. The Morgan fingerprint density at radius 3 is 3.00 bits per heavy atom. The normalized spacial score (nSPS) is 22.6. The first-order valence-corrected chi connectivity index (χ1v) is 7.50. The molecule has 1 N–H and O–H groups in total. The molecule has 0 bridgehead atoms. The number of thiophene rings is 1. The average Bonchev–Trinajstić information content (AvgIpc) is 2.67. The van der Waals surface area contributed by atoms with Crippen molar-refractivity contribution in [3.8, 4) is 0 Å². The van der Waals surface area contributed by atoms with Gasteiger partial charge < -0.3 is 10.1 Å². The molecule has 0 aliphatic carbocycles. The Morgan fingerprint density at radius 1 is 1.59 bits per heavy atom. The fourth-order valence-corrected chi connectivity index (χ4v) is 3.72. The van der Waals surface area contributed by atoms with Crippen molar-refractivity contribution in [2.75, 3.05) is 19.8 Å². The van der Waals surface area contributed by atoms with Gasteiger partial charge in [0.05, 0.1) is 15.3 Å². The highest BCUT2D eigenvalue weighted by molar-refractivity contribution is 7.20. The number of halogens is 2. The van der Waals surface area contributed by atoms with Crippen molar-refractivity contribution < 1.29 is 4.74 Å². The van der Waals surface area contributed by atoms with E-state index in [-0.39, 0.29) is 6.04 Å². The van der Waals surface area contributed by atoms with Crippen molar-refractivity contribution >= 4 is 34.5 Å². The third-order valence-electron chi connectivity index (χ3n) is 3.12. The molecule has 2 unspecified atom stereocenters. The van der Waals surface area contributed by atoms with Crippen molar-refractivity contribution in [3.05, 3.63) is 20.3 Å². The molecule has 0 radical (unpaired) electrons. The van der Waals surface area contributed by atoms with E-state index in [1.165, 1.54) is 24.2 Å². The Kier molecular flexibility index (Phi) is 5.12. The van der Waals surface area contributed by atoms with Gasteiger partial charge in [-0.2, -0.15) is 0 Å². The summed E-state index contributed by atoms with van der Waals surface area (Å²) in [5, 5.41) is 3.51. The molecule has 2 atom stereocenters. The minimum atomic E-state index is 0.244. The highest BCUT2D eigenvalue weighted by Gasteiger charge is 2.17. The lowest BCUT2D eigenvalue weighted by molar-refractivity contribution is 0.0540. The number of nitrogens with one attached hydrogen (secondary N) is 1. The van der Waals surface area contributed by atoms with Crippen LogP contribution in [-0.4, -0.2) is 19.8 Å². The molecule has 2 rings (SSSR count). The summed E-state index contributed by atoms with van der Waals surface area (Å²) >= 11 is 13.5. The summed E-state index contributed by atoms with van der Waals surface area (Å²) in [6.45, 7) is 4.88.